The molecule has 3 aromatic rings. The van der Waals surface area contributed by atoms with Crippen molar-refractivity contribution in [3.05, 3.63) is 72.2 Å². The Morgan fingerprint density at radius 1 is 1.17 bits per heavy atom. The number of fused-ring (bicyclic) bond motifs is 1. The number of rotatable bonds is 5. The van der Waals surface area contributed by atoms with E-state index >= 15 is 0 Å². The molecule has 1 aromatic heterocycles. The number of aromatic nitrogens is 1. The van der Waals surface area contributed by atoms with Gasteiger partial charge in [-0.2, -0.15) is 4.31 Å². The average molecular weight is 413 g/mol. The molecule has 1 fully saturated rings. The van der Waals surface area contributed by atoms with Crippen molar-refractivity contribution < 1.29 is 17.6 Å². The first-order valence-corrected chi connectivity index (χ1v) is 10.6. The van der Waals surface area contributed by atoms with Crippen molar-refractivity contribution in [2.24, 2.45) is 5.92 Å². The maximum absolute atomic E-state index is 13.0. The van der Waals surface area contributed by atoms with Crippen molar-refractivity contribution in [1.29, 1.82) is 0 Å². The van der Waals surface area contributed by atoms with Crippen LogP contribution in [0.5, 0.6) is 0 Å². The standard InChI is InChI=1S/C21H20FN3O3S/c1-24(12-15-4-9-20-16(11-15)3-2-10-23-20)21(26)17-13-25(14-17)29(27,28)19-7-5-18(22)6-8-19/h2-11,17H,12-14H2,1H3. The van der Waals surface area contributed by atoms with E-state index in [2.05, 4.69) is 4.98 Å². The second-order valence-electron chi connectivity index (χ2n) is 7.20. The molecule has 0 unspecified atom stereocenters. The lowest BCUT2D eigenvalue weighted by Crippen LogP contribution is -2.55. The van der Waals surface area contributed by atoms with Gasteiger partial charge in [0.15, 0.2) is 0 Å². The predicted molar refractivity (Wildman–Crippen MR) is 107 cm³/mol. The third-order valence-electron chi connectivity index (χ3n) is 5.11. The fourth-order valence-corrected chi connectivity index (χ4v) is 4.96. The Hall–Kier alpha value is -2.84. The molecule has 1 amide bonds. The number of pyridine rings is 1. The Balaban J connectivity index is 1.38. The van der Waals surface area contributed by atoms with Gasteiger partial charge in [-0.15, -0.1) is 0 Å². The molecule has 2 aromatic carbocycles. The molecular weight excluding hydrogens is 393 g/mol. The molecule has 150 valence electrons. The number of benzene rings is 2. The molecule has 0 spiro atoms. The highest BCUT2D eigenvalue weighted by Crippen LogP contribution is 2.27. The van der Waals surface area contributed by atoms with Crippen molar-refractivity contribution in [3.63, 3.8) is 0 Å². The third-order valence-corrected chi connectivity index (χ3v) is 6.96. The third kappa shape index (κ3) is 3.86. The van der Waals surface area contributed by atoms with Crippen LogP contribution in [-0.4, -0.2) is 48.7 Å². The Morgan fingerprint density at radius 3 is 2.62 bits per heavy atom. The fourth-order valence-electron chi connectivity index (χ4n) is 3.43. The highest BCUT2D eigenvalue weighted by Gasteiger charge is 2.41. The second-order valence-corrected chi connectivity index (χ2v) is 9.14. The highest BCUT2D eigenvalue weighted by molar-refractivity contribution is 7.89. The molecule has 0 N–H and O–H groups in total. The van der Waals surface area contributed by atoms with Crippen LogP contribution in [-0.2, 0) is 21.4 Å². The predicted octanol–water partition coefficient (Wildman–Crippen LogP) is 2.65. The summed E-state index contributed by atoms with van der Waals surface area (Å²) in [6.45, 7) is 0.694. The summed E-state index contributed by atoms with van der Waals surface area (Å²) in [4.78, 5) is 18.6. The molecular formula is C21H20FN3O3S. The smallest absolute Gasteiger partial charge is 0.243 e. The van der Waals surface area contributed by atoms with Crippen LogP contribution >= 0.6 is 0 Å². The van der Waals surface area contributed by atoms with Gasteiger partial charge < -0.3 is 4.90 Å². The number of nitrogens with zero attached hydrogens (tertiary/aromatic N) is 3. The zero-order valence-electron chi connectivity index (χ0n) is 15.8. The van der Waals surface area contributed by atoms with E-state index in [4.69, 9.17) is 0 Å². The number of carbonyl (C=O) groups is 1. The quantitative estimate of drug-likeness (QED) is 0.645. The van der Waals surface area contributed by atoms with Gasteiger partial charge in [0.05, 0.1) is 16.3 Å². The Morgan fingerprint density at radius 2 is 1.90 bits per heavy atom. The van der Waals surface area contributed by atoms with E-state index in [9.17, 15) is 17.6 Å². The van der Waals surface area contributed by atoms with Crippen LogP contribution in [0.15, 0.2) is 65.7 Å². The van der Waals surface area contributed by atoms with E-state index < -0.39 is 15.8 Å². The molecule has 0 aliphatic carbocycles. The number of amides is 1. The number of halogens is 1. The summed E-state index contributed by atoms with van der Waals surface area (Å²) in [5, 5.41) is 1.01. The van der Waals surface area contributed by atoms with Gasteiger partial charge in [-0.1, -0.05) is 12.1 Å². The van der Waals surface area contributed by atoms with E-state index in [1.54, 1.807) is 18.1 Å². The Kier molecular flexibility index (Phi) is 5.06. The Labute approximate surface area is 168 Å². The van der Waals surface area contributed by atoms with Crippen molar-refractivity contribution >= 4 is 26.8 Å². The number of sulfonamides is 1. The van der Waals surface area contributed by atoms with Gasteiger partial charge in [-0.05, 0) is 48.0 Å². The summed E-state index contributed by atoms with van der Waals surface area (Å²) in [5.41, 5.74) is 1.88. The van der Waals surface area contributed by atoms with Gasteiger partial charge >= 0.3 is 0 Å². The summed E-state index contributed by atoms with van der Waals surface area (Å²) in [5.74, 6) is -0.967. The van der Waals surface area contributed by atoms with Crippen LogP contribution in [0, 0.1) is 11.7 Å². The molecule has 0 bridgehead atoms. The summed E-state index contributed by atoms with van der Waals surface area (Å²) in [6.07, 6.45) is 1.74. The van der Waals surface area contributed by atoms with Gasteiger partial charge in [-0.25, -0.2) is 12.8 Å². The maximum Gasteiger partial charge on any atom is 0.243 e. The van der Waals surface area contributed by atoms with Crippen LogP contribution in [0.25, 0.3) is 10.9 Å². The monoisotopic (exact) mass is 413 g/mol. The molecule has 0 atom stereocenters. The molecule has 1 aliphatic rings. The lowest BCUT2D eigenvalue weighted by atomic mass is 10.0. The normalized spacial score (nSPS) is 15.2. The summed E-state index contributed by atoms with van der Waals surface area (Å²) in [7, 11) is -1.99. The average Bonchev–Trinajstić information content (AvgIpc) is 2.66. The summed E-state index contributed by atoms with van der Waals surface area (Å²) < 4.78 is 39.4. The van der Waals surface area contributed by atoms with Crippen LogP contribution < -0.4 is 0 Å². The van der Waals surface area contributed by atoms with Gasteiger partial charge in [-0.3, -0.25) is 9.78 Å². The van der Waals surface area contributed by atoms with E-state index in [1.807, 2.05) is 30.3 Å². The minimum Gasteiger partial charge on any atom is -0.341 e. The SMILES string of the molecule is CN(Cc1ccc2ncccc2c1)C(=O)C1CN(S(=O)(=O)c2ccc(F)cc2)C1. The molecule has 1 aliphatic heterocycles. The van der Waals surface area contributed by atoms with Crippen LogP contribution in [0.4, 0.5) is 4.39 Å². The van der Waals surface area contributed by atoms with Crippen LogP contribution in [0.3, 0.4) is 0 Å². The number of hydrogen-bond donors (Lipinski definition) is 0. The van der Waals surface area contributed by atoms with Gasteiger partial charge in [0, 0.05) is 38.3 Å². The molecule has 0 radical (unpaired) electrons. The number of hydrogen-bond acceptors (Lipinski definition) is 4. The van der Waals surface area contributed by atoms with Gasteiger partial charge in [0.2, 0.25) is 15.9 Å². The lowest BCUT2D eigenvalue weighted by molar-refractivity contribution is -0.138. The first kappa shape index (κ1) is 19.5. The van der Waals surface area contributed by atoms with E-state index in [0.717, 1.165) is 28.6 Å². The minimum atomic E-state index is -3.71. The summed E-state index contributed by atoms with van der Waals surface area (Å²) in [6, 6.07) is 14.4. The first-order valence-electron chi connectivity index (χ1n) is 9.19. The van der Waals surface area contributed by atoms with Gasteiger partial charge in [0.25, 0.3) is 0 Å². The van der Waals surface area contributed by atoms with Crippen molar-refractivity contribution in [2.75, 3.05) is 20.1 Å². The summed E-state index contributed by atoms with van der Waals surface area (Å²) >= 11 is 0. The van der Waals surface area contributed by atoms with Crippen LogP contribution in [0.2, 0.25) is 0 Å². The topological polar surface area (TPSA) is 70.6 Å². The van der Waals surface area contributed by atoms with E-state index in [-0.39, 0.29) is 29.8 Å². The Bertz CT molecular complexity index is 1160. The maximum atomic E-state index is 13.0. The van der Waals surface area contributed by atoms with Crippen molar-refractivity contribution in [2.45, 2.75) is 11.4 Å². The van der Waals surface area contributed by atoms with Crippen molar-refractivity contribution in [3.8, 4) is 0 Å². The fraction of sp³-hybridized carbons (Fsp3) is 0.238. The molecule has 2 heterocycles. The van der Waals surface area contributed by atoms with Crippen molar-refractivity contribution in [1.82, 2.24) is 14.2 Å². The first-order chi connectivity index (χ1) is 13.8. The number of carbonyl (C=O) groups excluding carboxylic acids is 1. The minimum absolute atomic E-state index is 0.0305. The van der Waals surface area contributed by atoms with Gasteiger partial charge in [0.1, 0.15) is 5.82 Å². The molecule has 0 saturated carbocycles. The zero-order valence-corrected chi connectivity index (χ0v) is 16.6. The second kappa shape index (κ2) is 7.53. The highest BCUT2D eigenvalue weighted by atomic mass is 32.2. The lowest BCUT2D eigenvalue weighted by Gasteiger charge is -2.38. The molecule has 29 heavy (non-hydrogen) atoms. The van der Waals surface area contributed by atoms with E-state index in [1.165, 1.54) is 16.4 Å². The molecule has 8 heteroatoms. The largest absolute Gasteiger partial charge is 0.341 e. The molecule has 4 rings (SSSR count). The molecule has 1 saturated heterocycles. The van der Waals surface area contributed by atoms with Crippen LogP contribution in [0.1, 0.15) is 5.56 Å². The molecule has 6 nitrogen and oxygen atoms in total. The van der Waals surface area contributed by atoms with E-state index in [0.29, 0.717) is 6.54 Å². The zero-order chi connectivity index (χ0) is 20.6.